The molecule has 2 rings (SSSR count). The number of carbonyl (C=O) groups excluding carboxylic acids is 1. The van der Waals surface area contributed by atoms with E-state index in [4.69, 9.17) is 6.42 Å². The number of hydrogen-bond donors (Lipinski definition) is 2. The molecule has 1 aromatic rings. The molecule has 106 valence electrons. The van der Waals surface area contributed by atoms with Crippen molar-refractivity contribution in [3.63, 3.8) is 0 Å². The van der Waals surface area contributed by atoms with Crippen LogP contribution in [0.4, 0.5) is 5.69 Å². The molecule has 1 heterocycles. The van der Waals surface area contributed by atoms with Gasteiger partial charge in [-0.1, -0.05) is 31.9 Å². The standard InChI is InChI=1S/C17H22N2O/c1-4-17(5-2,6-3)19-16(20)14-11-7-9-13-10-8-12-18-15(13)14/h1,7,9,11,18H,5-6,8,10,12H2,2-3H3,(H,19,20). The van der Waals surface area contributed by atoms with Crippen LogP contribution >= 0.6 is 0 Å². The van der Waals surface area contributed by atoms with Crippen molar-refractivity contribution in [3.05, 3.63) is 29.3 Å². The molecule has 0 saturated carbocycles. The first-order valence-electron chi connectivity index (χ1n) is 7.32. The highest BCUT2D eigenvalue weighted by Crippen LogP contribution is 2.26. The largest absolute Gasteiger partial charge is 0.384 e. The average Bonchev–Trinajstić information content (AvgIpc) is 2.52. The monoisotopic (exact) mass is 270 g/mol. The van der Waals surface area contributed by atoms with Crippen molar-refractivity contribution in [2.24, 2.45) is 0 Å². The van der Waals surface area contributed by atoms with Gasteiger partial charge < -0.3 is 10.6 Å². The number of nitrogens with one attached hydrogen (secondary N) is 2. The average molecular weight is 270 g/mol. The van der Waals surface area contributed by atoms with Gasteiger partial charge in [-0.3, -0.25) is 4.79 Å². The molecular weight excluding hydrogens is 248 g/mol. The SMILES string of the molecule is C#CC(CC)(CC)NC(=O)c1cccc2c1NCCC2. The van der Waals surface area contributed by atoms with Gasteiger partial charge in [-0.2, -0.15) is 0 Å². The second kappa shape index (κ2) is 6.00. The van der Waals surface area contributed by atoms with Crippen molar-refractivity contribution >= 4 is 11.6 Å². The van der Waals surface area contributed by atoms with Gasteiger partial charge in [0, 0.05) is 6.54 Å². The van der Waals surface area contributed by atoms with E-state index in [9.17, 15) is 4.79 Å². The summed E-state index contributed by atoms with van der Waals surface area (Å²) in [7, 11) is 0. The van der Waals surface area contributed by atoms with Gasteiger partial charge in [-0.25, -0.2) is 0 Å². The minimum absolute atomic E-state index is 0.0853. The Morgan fingerprint density at radius 2 is 2.20 bits per heavy atom. The minimum Gasteiger partial charge on any atom is -0.384 e. The molecule has 20 heavy (non-hydrogen) atoms. The Morgan fingerprint density at radius 3 is 2.85 bits per heavy atom. The first-order valence-corrected chi connectivity index (χ1v) is 7.32. The predicted molar refractivity (Wildman–Crippen MR) is 82.9 cm³/mol. The third kappa shape index (κ3) is 2.65. The number of hydrogen-bond acceptors (Lipinski definition) is 2. The minimum atomic E-state index is -0.547. The molecule has 0 bridgehead atoms. The van der Waals surface area contributed by atoms with Crippen molar-refractivity contribution in [1.82, 2.24) is 5.32 Å². The Kier molecular flexibility index (Phi) is 4.34. The van der Waals surface area contributed by atoms with E-state index in [1.807, 2.05) is 26.0 Å². The van der Waals surface area contributed by atoms with Crippen LogP contribution in [-0.2, 0) is 6.42 Å². The smallest absolute Gasteiger partial charge is 0.254 e. The molecule has 1 aromatic carbocycles. The van der Waals surface area contributed by atoms with E-state index in [1.165, 1.54) is 5.56 Å². The fraction of sp³-hybridized carbons (Fsp3) is 0.471. The van der Waals surface area contributed by atoms with Crippen LogP contribution in [0.25, 0.3) is 0 Å². The van der Waals surface area contributed by atoms with Gasteiger partial charge in [0.15, 0.2) is 0 Å². The van der Waals surface area contributed by atoms with E-state index in [0.717, 1.165) is 37.9 Å². The van der Waals surface area contributed by atoms with E-state index in [2.05, 4.69) is 22.6 Å². The summed E-state index contributed by atoms with van der Waals surface area (Å²) in [5.74, 6) is 2.66. The van der Waals surface area contributed by atoms with Crippen molar-refractivity contribution < 1.29 is 4.79 Å². The van der Waals surface area contributed by atoms with Gasteiger partial charge in [0.25, 0.3) is 5.91 Å². The molecule has 1 aliphatic heterocycles. The lowest BCUT2D eigenvalue weighted by molar-refractivity contribution is 0.0917. The topological polar surface area (TPSA) is 41.1 Å². The summed E-state index contributed by atoms with van der Waals surface area (Å²) in [6, 6.07) is 5.88. The molecule has 1 aliphatic rings. The number of carbonyl (C=O) groups is 1. The Bertz CT molecular complexity index is 538. The van der Waals surface area contributed by atoms with Crippen LogP contribution in [0.3, 0.4) is 0 Å². The molecule has 0 aromatic heterocycles. The quantitative estimate of drug-likeness (QED) is 0.826. The van der Waals surface area contributed by atoms with Crippen LogP contribution < -0.4 is 10.6 Å². The Labute approximate surface area is 121 Å². The second-order valence-electron chi connectivity index (χ2n) is 5.26. The highest BCUT2D eigenvalue weighted by Gasteiger charge is 2.27. The molecule has 0 atom stereocenters. The van der Waals surface area contributed by atoms with E-state index >= 15 is 0 Å². The highest BCUT2D eigenvalue weighted by atomic mass is 16.1. The molecular formula is C17H22N2O. The normalized spacial score (nSPS) is 13.8. The van der Waals surface area contributed by atoms with E-state index in [-0.39, 0.29) is 5.91 Å². The molecule has 0 spiro atoms. The summed E-state index contributed by atoms with van der Waals surface area (Å²) in [4.78, 5) is 12.6. The fourth-order valence-electron chi connectivity index (χ4n) is 2.65. The molecule has 0 fully saturated rings. The molecule has 1 amide bonds. The number of fused-ring (bicyclic) bond motifs is 1. The van der Waals surface area contributed by atoms with Gasteiger partial charge in [0.05, 0.1) is 11.3 Å². The summed E-state index contributed by atoms with van der Waals surface area (Å²) in [5.41, 5.74) is 2.33. The number of aryl methyl sites for hydroxylation is 1. The number of benzene rings is 1. The maximum Gasteiger partial charge on any atom is 0.254 e. The van der Waals surface area contributed by atoms with Gasteiger partial charge in [0.1, 0.15) is 5.54 Å². The number of terminal acetylenes is 1. The summed E-state index contributed by atoms with van der Waals surface area (Å²) in [6.07, 6.45) is 9.20. The zero-order valence-corrected chi connectivity index (χ0v) is 12.3. The van der Waals surface area contributed by atoms with Crippen LogP contribution in [0.1, 0.15) is 49.0 Å². The lowest BCUT2D eigenvalue weighted by Crippen LogP contribution is -2.46. The number of anilines is 1. The van der Waals surface area contributed by atoms with Crippen LogP contribution in [0, 0.1) is 12.3 Å². The second-order valence-corrected chi connectivity index (χ2v) is 5.26. The first kappa shape index (κ1) is 14.5. The zero-order chi connectivity index (χ0) is 14.6. The number of rotatable bonds is 4. The van der Waals surface area contributed by atoms with Gasteiger partial charge >= 0.3 is 0 Å². The summed E-state index contributed by atoms with van der Waals surface area (Å²) in [5, 5.41) is 6.37. The fourth-order valence-corrected chi connectivity index (χ4v) is 2.65. The van der Waals surface area contributed by atoms with Crippen molar-refractivity contribution in [3.8, 4) is 12.3 Å². The third-order valence-corrected chi connectivity index (χ3v) is 4.16. The highest BCUT2D eigenvalue weighted by molar-refractivity contribution is 6.01. The van der Waals surface area contributed by atoms with E-state index < -0.39 is 5.54 Å². The Hall–Kier alpha value is -1.95. The lowest BCUT2D eigenvalue weighted by atomic mass is 9.92. The summed E-state index contributed by atoms with van der Waals surface area (Å²) >= 11 is 0. The van der Waals surface area contributed by atoms with Crippen LogP contribution in [0.2, 0.25) is 0 Å². The van der Waals surface area contributed by atoms with Crippen molar-refractivity contribution in [1.29, 1.82) is 0 Å². The lowest BCUT2D eigenvalue weighted by Gasteiger charge is -2.28. The molecule has 0 saturated heterocycles. The van der Waals surface area contributed by atoms with Crippen LogP contribution in [-0.4, -0.2) is 18.0 Å². The van der Waals surface area contributed by atoms with Gasteiger partial charge in [-0.15, -0.1) is 6.42 Å². The molecule has 0 radical (unpaired) electrons. The number of para-hydroxylation sites is 1. The van der Waals surface area contributed by atoms with Crippen molar-refractivity contribution in [2.45, 2.75) is 45.1 Å². The van der Waals surface area contributed by atoms with Gasteiger partial charge in [-0.05, 0) is 37.3 Å². The molecule has 0 unspecified atom stereocenters. The Balaban J connectivity index is 2.28. The maximum absolute atomic E-state index is 12.6. The van der Waals surface area contributed by atoms with Crippen LogP contribution in [0.5, 0.6) is 0 Å². The number of amides is 1. The Morgan fingerprint density at radius 1 is 1.45 bits per heavy atom. The predicted octanol–water partition coefficient (Wildman–Crippen LogP) is 2.97. The third-order valence-electron chi connectivity index (χ3n) is 4.16. The zero-order valence-electron chi connectivity index (χ0n) is 12.3. The molecule has 2 N–H and O–H groups in total. The summed E-state index contributed by atoms with van der Waals surface area (Å²) in [6.45, 7) is 4.92. The first-order chi connectivity index (χ1) is 9.65. The molecule has 0 aliphatic carbocycles. The van der Waals surface area contributed by atoms with E-state index in [0.29, 0.717) is 5.56 Å². The maximum atomic E-state index is 12.6. The van der Waals surface area contributed by atoms with E-state index in [1.54, 1.807) is 0 Å². The summed E-state index contributed by atoms with van der Waals surface area (Å²) < 4.78 is 0. The van der Waals surface area contributed by atoms with Crippen molar-refractivity contribution in [2.75, 3.05) is 11.9 Å². The molecule has 3 nitrogen and oxygen atoms in total. The van der Waals surface area contributed by atoms with Gasteiger partial charge in [0.2, 0.25) is 0 Å². The molecule has 3 heteroatoms. The van der Waals surface area contributed by atoms with Crippen LogP contribution in [0.15, 0.2) is 18.2 Å².